The maximum Gasteiger partial charge on any atom is 0.412 e. The number of methoxy groups -OCH3 is 4. The van der Waals surface area contributed by atoms with Gasteiger partial charge in [0.15, 0.2) is 17.5 Å². The van der Waals surface area contributed by atoms with E-state index in [4.69, 9.17) is 18.9 Å². The molecule has 0 fully saturated rings. The predicted molar refractivity (Wildman–Crippen MR) is 104 cm³/mol. The minimum Gasteiger partial charge on any atom is -0.496 e. The summed E-state index contributed by atoms with van der Waals surface area (Å²) in [6, 6.07) is 7.11. The average Bonchev–Trinajstić information content (AvgIpc) is 2.74. The summed E-state index contributed by atoms with van der Waals surface area (Å²) in [7, 11) is 5.44. The van der Waals surface area contributed by atoms with Gasteiger partial charge in [-0.05, 0) is 35.7 Å². The van der Waals surface area contributed by atoms with Crippen LogP contribution in [-0.2, 0) is 11.2 Å². The van der Waals surface area contributed by atoms with Crippen molar-refractivity contribution in [1.29, 1.82) is 0 Å². The van der Waals surface area contributed by atoms with Crippen molar-refractivity contribution in [1.82, 2.24) is 5.32 Å². The first-order chi connectivity index (χ1) is 14.2. The number of amides is 1. The normalized spacial score (nSPS) is 12.1. The van der Waals surface area contributed by atoms with Gasteiger partial charge in [0.25, 0.3) is 0 Å². The van der Waals surface area contributed by atoms with E-state index < -0.39 is 18.1 Å². The minimum absolute atomic E-state index is 0.0596. The molecule has 0 bridgehead atoms. The lowest BCUT2D eigenvalue weighted by molar-refractivity contribution is -0.163. The third-order valence-electron chi connectivity index (χ3n) is 4.47. The molecule has 164 valence electrons. The van der Waals surface area contributed by atoms with Gasteiger partial charge in [0.1, 0.15) is 5.75 Å². The molecule has 2 aromatic carbocycles. The van der Waals surface area contributed by atoms with E-state index in [2.05, 4.69) is 5.32 Å². The van der Waals surface area contributed by atoms with Gasteiger partial charge >= 0.3 is 6.18 Å². The molecule has 2 aromatic rings. The Morgan fingerprint density at radius 3 is 2.00 bits per heavy atom. The lowest BCUT2D eigenvalue weighted by Crippen LogP contribution is -2.38. The summed E-state index contributed by atoms with van der Waals surface area (Å²) >= 11 is 0. The van der Waals surface area contributed by atoms with Crippen molar-refractivity contribution in [2.24, 2.45) is 0 Å². The zero-order valence-corrected chi connectivity index (χ0v) is 17.1. The molecule has 30 heavy (non-hydrogen) atoms. The minimum atomic E-state index is -4.73. The molecule has 0 spiro atoms. The summed E-state index contributed by atoms with van der Waals surface area (Å²) in [5.41, 5.74) is 0.495. The fourth-order valence-corrected chi connectivity index (χ4v) is 3.01. The topological polar surface area (TPSA) is 66.0 Å². The number of benzene rings is 2. The van der Waals surface area contributed by atoms with Crippen LogP contribution in [0.4, 0.5) is 13.2 Å². The highest BCUT2D eigenvalue weighted by Gasteiger charge is 2.42. The van der Waals surface area contributed by atoms with E-state index in [9.17, 15) is 18.0 Å². The Balaban J connectivity index is 2.25. The number of hydrogen-bond donors (Lipinski definition) is 1. The van der Waals surface area contributed by atoms with E-state index in [0.29, 0.717) is 5.75 Å². The molecule has 2 rings (SSSR count). The predicted octanol–water partition coefficient (Wildman–Crippen LogP) is 4.07. The average molecular weight is 427 g/mol. The zero-order valence-electron chi connectivity index (χ0n) is 17.1. The second-order valence-electron chi connectivity index (χ2n) is 6.31. The molecule has 1 atom stereocenters. The Hall–Kier alpha value is -3.10. The van der Waals surface area contributed by atoms with Gasteiger partial charge in [0.05, 0.1) is 28.4 Å². The number of nitrogens with one attached hydrogen (secondary N) is 1. The molecule has 0 radical (unpaired) electrons. The number of hydrogen-bond acceptors (Lipinski definition) is 5. The van der Waals surface area contributed by atoms with E-state index in [0.717, 1.165) is 5.56 Å². The highest BCUT2D eigenvalue weighted by atomic mass is 19.4. The highest BCUT2D eigenvalue weighted by Crippen LogP contribution is 2.43. The molecule has 9 heteroatoms. The van der Waals surface area contributed by atoms with Crippen molar-refractivity contribution >= 4 is 5.91 Å². The van der Waals surface area contributed by atoms with Gasteiger partial charge in [-0.15, -0.1) is 0 Å². The standard InChI is InChI=1S/C21H24F3NO5/c1-27-15-8-6-5-7-13(15)9-10-18(26)25-20(21(22,23)24)14-11-16(28-2)19(30-4)17(12-14)29-3/h5-8,11-12,20H,9-10H2,1-4H3,(H,25,26)/t20-/m1/s1. The Morgan fingerprint density at radius 1 is 0.933 bits per heavy atom. The van der Waals surface area contributed by atoms with Crippen LogP contribution in [0, 0.1) is 0 Å². The Morgan fingerprint density at radius 2 is 1.50 bits per heavy atom. The number of ether oxygens (including phenoxy) is 4. The van der Waals surface area contributed by atoms with Crippen molar-refractivity contribution in [3.05, 3.63) is 47.5 Å². The van der Waals surface area contributed by atoms with Crippen LogP contribution in [0.15, 0.2) is 36.4 Å². The van der Waals surface area contributed by atoms with Gasteiger partial charge in [0, 0.05) is 6.42 Å². The summed E-state index contributed by atoms with van der Waals surface area (Å²) in [4.78, 5) is 12.3. The van der Waals surface area contributed by atoms with Gasteiger partial charge in [-0.3, -0.25) is 4.79 Å². The third kappa shape index (κ3) is 5.49. The number of halogens is 3. The van der Waals surface area contributed by atoms with Crippen LogP contribution < -0.4 is 24.3 Å². The van der Waals surface area contributed by atoms with Crippen LogP contribution >= 0.6 is 0 Å². The van der Waals surface area contributed by atoms with E-state index in [1.54, 1.807) is 24.3 Å². The molecular weight excluding hydrogens is 403 g/mol. The van der Waals surface area contributed by atoms with Crippen molar-refractivity contribution in [3.63, 3.8) is 0 Å². The van der Waals surface area contributed by atoms with Crippen LogP contribution in [0.2, 0.25) is 0 Å². The first kappa shape index (κ1) is 23.2. The van der Waals surface area contributed by atoms with Crippen molar-refractivity contribution in [2.45, 2.75) is 25.1 Å². The third-order valence-corrected chi connectivity index (χ3v) is 4.47. The quantitative estimate of drug-likeness (QED) is 0.654. The molecule has 0 aliphatic heterocycles. The second kappa shape index (κ2) is 10.1. The highest BCUT2D eigenvalue weighted by molar-refractivity contribution is 5.77. The van der Waals surface area contributed by atoms with Gasteiger partial charge in [-0.2, -0.15) is 13.2 Å². The number of alkyl halides is 3. The number of aryl methyl sites for hydroxylation is 1. The van der Waals surface area contributed by atoms with E-state index in [1.807, 2.05) is 0 Å². The Labute approximate surface area is 172 Å². The Kier molecular flexibility index (Phi) is 7.79. The van der Waals surface area contributed by atoms with Crippen LogP contribution in [0.5, 0.6) is 23.0 Å². The maximum atomic E-state index is 13.8. The van der Waals surface area contributed by atoms with Crippen LogP contribution in [0.1, 0.15) is 23.6 Å². The smallest absolute Gasteiger partial charge is 0.412 e. The molecule has 0 unspecified atom stereocenters. The summed E-state index contributed by atoms with van der Waals surface area (Å²) in [6.07, 6.45) is -4.64. The van der Waals surface area contributed by atoms with Crippen molar-refractivity contribution < 1.29 is 36.9 Å². The first-order valence-corrected chi connectivity index (χ1v) is 9.03. The number of para-hydroxylation sites is 1. The van der Waals surface area contributed by atoms with Crippen LogP contribution in [0.3, 0.4) is 0 Å². The first-order valence-electron chi connectivity index (χ1n) is 9.03. The summed E-state index contributed by atoms with van der Waals surface area (Å²) in [5.74, 6) is 0.0974. The lowest BCUT2D eigenvalue weighted by Gasteiger charge is -2.24. The molecule has 1 amide bonds. The molecule has 0 heterocycles. The van der Waals surface area contributed by atoms with Crippen LogP contribution in [0.25, 0.3) is 0 Å². The number of carbonyl (C=O) groups is 1. The number of rotatable bonds is 9. The molecule has 0 saturated carbocycles. The fourth-order valence-electron chi connectivity index (χ4n) is 3.01. The number of carbonyl (C=O) groups excluding carboxylic acids is 1. The van der Waals surface area contributed by atoms with Crippen molar-refractivity contribution in [2.75, 3.05) is 28.4 Å². The molecule has 6 nitrogen and oxygen atoms in total. The largest absolute Gasteiger partial charge is 0.496 e. The van der Waals surface area contributed by atoms with E-state index >= 15 is 0 Å². The molecule has 0 saturated heterocycles. The molecule has 0 aliphatic carbocycles. The van der Waals surface area contributed by atoms with Crippen molar-refractivity contribution in [3.8, 4) is 23.0 Å². The maximum absolute atomic E-state index is 13.8. The Bertz CT molecular complexity index is 845. The molecule has 0 aromatic heterocycles. The molecule has 0 aliphatic rings. The summed E-state index contributed by atoms with van der Waals surface area (Å²) in [5, 5.41) is 2.06. The fraction of sp³-hybridized carbons (Fsp3) is 0.381. The molecular formula is C21H24F3NO5. The molecule has 1 N–H and O–H groups in total. The lowest BCUT2D eigenvalue weighted by atomic mass is 10.0. The summed E-state index contributed by atoms with van der Waals surface area (Å²) in [6.45, 7) is 0. The van der Waals surface area contributed by atoms with Crippen LogP contribution in [-0.4, -0.2) is 40.5 Å². The van der Waals surface area contributed by atoms with Gasteiger partial charge in [0.2, 0.25) is 11.7 Å². The monoisotopic (exact) mass is 427 g/mol. The van der Waals surface area contributed by atoms with E-state index in [-0.39, 0.29) is 35.7 Å². The van der Waals surface area contributed by atoms with Gasteiger partial charge in [-0.25, -0.2) is 0 Å². The van der Waals surface area contributed by atoms with Gasteiger partial charge in [-0.1, -0.05) is 18.2 Å². The zero-order chi connectivity index (χ0) is 22.3. The van der Waals surface area contributed by atoms with E-state index in [1.165, 1.54) is 40.6 Å². The summed E-state index contributed by atoms with van der Waals surface area (Å²) < 4.78 is 61.8. The second-order valence-corrected chi connectivity index (χ2v) is 6.31. The van der Waals surface area contributed by atoms with Gasteiger partial charge < -0.3 is 24.3 Å². The SMILES string of the molecule is COc1ccccc1CCC(=O)N[C@H](c1cc(OC)c(OC)c(OC)c1)C(F)(F)F.